The second-order valence-corrected chi connectivity index (χ2v) is 6.44. The van der Waals surface area contributed by atoms with Crippen molar-refractivity contribution in [3.05, 3.63) is 45.2 Å². The smallest absolute Gasteiger partial charge is 0.259 e. The summed E-state index contributed by atoms with van der Waals surface area (Å²) >= 11 is 11.9. The number of hydrogen-bond donors (Lipinski definition) is 0. The van der Waals surface area contributed by atoms with E-state index < -0.39 is 6.04 Å². The summed E-state index contributed by atoms with van der Waals surface area (Å²) in [5, 5.41) is 5.08. The highest BCUT2D eigenvalue weighted by atomic mass is 35.5. The molecular weight excluding hydrogens is 337 g/mol. The number of anilines is 1. The standard InChI is InChI=1S/C16H15Cl2N3O2/c1-8-9(2)19-21(10(8)3)14-7-15(22)20(16(14)23)11-4-5-12(17)13(18)6-11/h4-6,14H,7H2,1-3H3. The van der Waals surface area contributed by atoms with Crippen LogP contribution in [0.5, 0.6) is 0 Å². The van der Waals surface area contributed by atoms with Gasteiger partial charge in [-0.1, -0.05) is 23.2 Å². The third-order valence-electron chi connectivity index (χ3n) is 4.27. The highest BCUT2D eigenvalue weighted by Gasteiger charge is 2.42. The van der Waals surface area contributed by atoms with Crippen molar-refractivity contribution >= 4 is 40.7 Å². The molecule has 0 aliphatic carbocycles. The highest BCUT2D eigenvalue weighted by Crippen LogP contribution is 2.34. The topological polar surface area (TPSA) is 55.2 Å². The predicted molar refractivity (Wildman–Crippen MR) is 89.0 cm³/mol. The van der Waals surface area contributed by atoms with E-state index in [1.165, 1.54) is 6.07 Å². The second-order valence-electron chi connectivity index (χ2n) is 5.63. The molecule has 0 spiro atoms. The molecule has 1 aliphatic rings. The molecule has 5 nitrogen and oxygen atoms in total. The molecule has 1 saturated heterocycles. The minimum Gasteiger partial charge on any atom is -0.274 e. The lowest BCUT2D eigenvalue weighted by Crippen LogP contribution is -2.31. The van der Waals surface area contributed by atoms with Crippen LogP contribution < -0.4 is 4.90 Å². The number of imide groups is 1. The SMILES string of the molecule is Cc1nn(C2CC(=O)N(c3ccc(Cl)c(Cl)c3)C2=O)c(C)c1C. The lowest BCUT2D eigenvalue weighted by molar-refractivity contribution is -0.122. The van der Waals surface area contributed by atoms with Crippen LogP contribution in [0.2, 0.25) is 10.0 Å². The Labute approximate surface area is 143 Å². The Hall–Kier alpha value is -1.85. The summed E-state index contributed by atoms with van der Waals surface area (Å²) in [6.07, 6.45) is 0.0838. The van der Waals surface area contributed by atoms with Gasteiger partial charge in [-0.3, -0.25) is 14.3 Å². The van der Waals surface area contributed by atoms with Crippen molar-refractivity contribution < 1.29 is 9.59 Å². The van der Waals surface area contributed by atoms with Gasteiger partial charge in [-0.25, -0.2) is 4.90 Å². The van der Waals surface area contributed by atoms with Gasteiger partial charge in [0, 0.05) is 5.69 Å². The van der Waals surface area contributed by atoms with Crippen molar-refractivity contribution in [2.24, 2.45) is 0 Å². The number of halogens is 2. The zero-order chi connectivity index (χ0) is 16.9. The fourth-order valence-electron chi connectivity index (χ4n) is 2.75. The molecule has 0 bridgehead atoms. The van der Waals surface area contributed by atoms with Gasteiger partial charge in [0.05, 0.1) is 27.8 Å². The number of aromatic nitrogens is 2. The molecule has 1 aromatic carbocycles. The molecule has 2 aromatic rings. The number of hydrogen-bond acceptors (Lipinski definition) is 3. The lowest BCUT2D eigenvalue weighted by Gasteiger charge is -2.16. The largest absolute Gasteiger partial charge is 0.274 e. The van der Waals surface area contributed by atoms with E-state index in [4.69, 9.17) is 23.2 Å². The number of carbonyl (C=O) groups excluding carboxylic acids is 2. The van der Waals surface area contributed by atoms with Crippen molar-refractivity contribution in [1.29, 1.82) is 0 Å². The molecule has 120 valence electrons. The molecule has 23 heavy (non-hydrogen) atoms. The molecule has 0 saturated carbocycles. The average Bonchev–Trinajstić information content (AvgIpc) is 2.93. The van der Waals surface area contributed by atoms with Crippen molar-refractivity contribution in [3.8, 4) is 0 Å². The molecule has 0 N–H and O–H groups in total. The third-order valence-corrected chi connectivity index (χ3v) is 5.01. The van der Waals surface area contributed by atoms with Gasteiger partial charge in [0.1, 0.15) is 6.04 Å². The van der Waals surface area contributed by atoms with Crippen LogP contribution in [0.3, 0.4) is 0 Å². The van der Waals surface area contributed by atoms with Crippen molar-refractivity contribution in [2.75, 3.05) is 4.90 Å². The van der Waals surface area contributed by atoms with Crippen molar-refractivity contribution in [2.45, 2.75) is 33.2 Å². The first-order valence-corrected chi connectivity index (χ1v) is 7.91. The first-order chi connectivity index (χ1) is 10.8. The van der Waals surface area contributed by atoms with Gasteiger partial charge < -0.3 is 0 Å². The summed E-state index contributed by atoms with van der Waals surface area (Å²) in [6, 6.07) is 4.08. The Morgan fingerprint density at radius 3 is 2.39 bits per heavy atom. The molecular formula is C16H15Cl2N3O2. The van der Waals surface area contributed by atoms with E-state index in [0.29, 0.717) is 15.7 Å². The summed E-state index contributed by atoms with van der Waals surface area (Å²) in [4.78, 5) is 26.3. The predicted octanol–water partition coefficient (Wildman–Crippen LogP) is 3.62. The van der Waals surface area contributed by atoms with Crippen molar-refractivity contribution in [3.63, 3.8) is 0 Å². The van der Waals surface area contributed by atoms with Crippen LogP contribution in [-0.2, 0) is 9.59 Å². The second kappa shape index (κ2) is 5.65. The number of rotatable bonds is 2. The van der Waals surface area contributed by atoms with Gasteiger partial charge >= 0.3 is 0 Å². The van der Waals surface area contributed by atoms with Crippen LogP contribution in [0.25, 0.3) is 0 Å². The Kier molecular flexibility index (Phi) is 3.94. The van der Waals surface area contributed by atoms with Crippen molar-refractivity contribution in [1.82, 2.24) is 9.78 Å². The molecule has 7 heteroatoms. The van der Waals surface area contributed by atoms with Crippen LogP contribution in [0.1, 0.15) is 29.4 Å². The Morgan fingerprint density at radius 2 is 1.83 bits per heavy atom. The Bertz CT molecular complexity index is 829. The summed E-state index contributed by atoms with van der Waals surface area (Å²) in [5.41, 5.74) is 3.20. The Balaban J connectivity index is 1.99. The minimum atomic E-state index is -0.621. The van der Waals surface area contributed by atoms with Gasteiger partial charge in [0.25, 0.3) is 5.91 Å². The van der Waals surface area contributed by atoms with Gasteiger partial charge in [-0.15, -0.1) is 0 Å². The minimum absolute atomic E-state index is 0.0838. The summed E-state index contributed by atoms with van der Waals surface area (Å²) in [6.45, 7) is 5.73. The van der Waals surface area contributed by atoms with E-state index in [-0.39, 0.29) is 18.2 Å². The van der Waals surface area contributed by atoms with Crippen LogP contribution in [0.15, 0.2) is 18.2 Å². The third kappa shape index (κ3) is 2.54. The molecule has 2 amide bonds. The summed E-state index contributed by atoms with van der Waals surface area (Å²) < 4.78 is 1.64. The first-order valence-electron chi connectivity index (χ1n) is 7.15. The van der Waals surface area contributed by atoms with E-state index in [9.17, 15) is 9.59 Å². The number of aryl methyl sites for hydroxylation is 1. The van der Waals surface area contributed by atoms with E-state index in [0.717, 1.165) is 21.9 Å². The fraction of sp³-hybridized carbons (Fsp3) is 0.312. The van der Waals surface area contributed by atoms with E-state index >= 15 is 0 Å². The number of nitrogens with zero attached hydrogens (tertiary/aromatic N) is 3. The van der Waals surface area contributed by atoms with Crippen LogP contribution in [-0.4, -0.2) is 21.6 Å². The number of carbonyl (C=O) groups is 2. The maximum Gasteiger partial charge on any atom is 0.259 e. The maximum atomic E-state index is 12.8. The van der Waals surface area contributed by atoms with Gasteiger partial charge in [0.15, 0.2) is 0 Å². The summed E-state index contributed by atoms with van der Waals surface area (Å²) in [5.74, 6) is -0.581. The zero-order valence-corrected chi connectivity index (χ0v) is 14.4. The number of amides is 2. The van der Waals surface area contributed by atoms with E-state index in [2.05, 4.69) is 5.10 Å². The average molecular weight is 352 g/mol. The molecule has 1 aromatic heterocycles. The zero-order valence-electron chi connectivity index (χ0n) is 12.9. The lowest BCUT2D eigenvalue weighted by atomic mass is 10.2. The molecule has 2 heterocycles. The monoisotopic (exact) mass is 351 g/mol. The fourth-order valence-corrected chi connectivity index (χ4v) is 3.04. The van der Waals surface area contributed by atoms with Crippen LogP contribution in [0.4, 0.5) is 5.69 Å². The van der Waals surface area contributed by atoms with Crippen LogP contribution >= 0.6 is 23.2 Å². The van der Waals surface area contributed by atoms with E-state index in [1.54, 1.807) is 16.8 Å². The molecule has 3 rings (SSSR count). The van der Waals surface area contributed by atoms with Gasteiger partial charge in [-0.2, -0.15) is 5.10 Å². The van der Waals surface area contributed by atoms with Crippen LogP contribution in [0, 0.1) is 20.8 Å². The van der Waals surface area contributed by atoms with Gasteiger partial charge in [0.2, 0.25) is 5.91 Å². The quantitative estimate of drug-likeness (QED) is 0.776. The molecule has 1 unspecified atom stereocenters. The maximum absolute atomic E-state index is 12.8. The Morgan fingerprint density at radius 1 is 1.13 bits per heavy atom. The van der Waals surface area contributed by atoms with Gasteiger partial charge in [-0.05, 0) is 44.5 Å². The molecule has 0 radical (unpaired) electrons. The normalized spacial score (nSPS) is 18.1. The molecule has 1 aliphatic heterocycles. The highest BCUT2D eigenvalue weighted by molar-refractivity contribution is 6.42. The molecule has 1 fully saturated rings. The first kappa shape index (κ1) is 16.0. The molecule has 1 atom stereocenters. The summed E-state index contributed by atoms with van der Waals surface area (Å²) in [7, 11) is 0. The number of benzene rings is 1. The van der Waals surface area contributed by atoms with E-state index in [1.807, 2.05) is 20.8 Å².